The van der Waals surface area contributed by atoms with Crippen LogP contribution in [0.3, 0.4) is 0 Å². The van der Waals surface area contributed by atoms with Crippen molar-refractivity contribution in [2.45, 2.75) is 50.0 Å². The standard InChI is InChI=1S/C22H25NO/c24-21-14-19-16(12-17(21)15-6-2-1-3-7-15)13-20-18-8-4-5-9-22(18,19)10-11-23-20/h1-3,6-7,12,14,18,20,23-24H,4-5,8-11,13H2/t18-,20+,22+/m1/s1. The molecule has 0 radical (unpaired) electrons. The molecule has 1 aliphatic heterocycles. The fraction of sp³-hybridized carbons (Fsp3) is 0.455. The minimum absolute atomic E-state index is 0.314. The Hall–Kier alpha value is -1.80. The van der Waals surface area contributed by atoms with Crippen LogP contribution in [-0.2, 0) is 11.8 Å². The second-order valence-corrected chi connectivity index (χ2v) is 7.92. The summed E-state index contributed by atoms with van der Waals surface area (Å²) in [5.41, 5.74) is 5.33. The molecule has 24 heavy (non-hydrogen) atoms. The third kappa shape index (κ3) is 1.99. The van der Waals surface area contributed by atoms with E-state index in [1.165, 1.54) is 43.2 Å². The van der Waals surface area contributed by atoms with E-state index in [0.717, 1.165) is 30.0 Å². The van der Waals surface area contributed by atoms with Crippen molar-refractivity contribution in [3.05, 3.63) is 53.6 Å². The first-order valence-corrected chi connectivity index (χ1v) is 9.43. The van der Waals surface area contributed by atoms with Crippen molar-refractivity contribution in [2.75, 3.05) is 6.54 Å². The molecule has 2 N–H and O–H groups in total. The minimum Gasteiger partial charge on any atom is -0.507 e. The average molecular weight is 319 g/mol. The molecule has 2 nitrogen and oxygen atoms in total. The predicted molar refractivity (Wildman–Crippen MR) is 97.3 cm³/mol. The summed E-state index contributed by atoms with van der Waals surface area (Å²) in [6, 6.07) is 15.3. The van der Waals surface area contributed by atoms with Crippen LogP contribution in [-0.4, -0.2) is 17.7 Å². The summed E-state index contributed by atoms with van der Waals surface area (Å²) in [6.45, 7) is 1.13. The quantitative estimate of drug-likeness (QED) is 0.816. The van der Waals surface area contributed by atoms with Crippen molar-refractivity contribution < 1.29 is 5.11 Å². The van der Waals surface area contributed by atoms with E-state index < -0.39 is 0 Å². The Labute approximate surface area is 143 Å². The Morgan fingerprint density at radius 2 is 1.92 bits per heavy atom. The van der Waals surface area contributed by atoms with Crippen LogP contribution in [0.15, 0.2) is 42.5 Å². The van der Waals surface area contributed by atoms with Gasteiger partial charge in [-0.15, -0.1) is 0 Å². The molecule has 0 spiro atoms. The van der Waals surface area contributed by atoms with Gasteiger partial charge in [-0.1, -0.05) is 43.2 Å². The zero-order valence-electron chi connectivity index (χ0n) is 14.1. The molecular formula is C22H25NO. The summed E-state index contributed by atoms with van der Waals surface area (Å²) in [5.74, 6) is 1.21. The smallest absolute Gasteiger partial charge is 0.123 e. The van der Waals surface area contributed by atoms with Gasteiger partial charge in [0.1, 0.15) is 5.75 Å². The molecule has 0 amide bonds. The monoisotopic (exact) mass is 319 g/mol. The Morgan fingerprint density at radius 1 is 1.04 bits per heavy atom. The van der Waals surface area contributed by atoms with Gasteiger partial charge in [-0.2, -0.15) is 0 Å². The Balaban J connectivity index is 1.68. The SMILES string of the molecule is Oc1cc2c(cc1-c1ccccc1)C[C@@H]1NCC[C@]23CCCC[C@H]13. The van der Waals surface area contributed by atoms with Crippen LogP contribution in [0.5, 0.6) is 5.75 Å². The fourth-order valence-corrected chi connectivity index (χ4v) is 5.82. The average Bonchev–Trinajstić information content (AvgIpc) is 2.63. The van der Waals surface area contributed by atoms with E-state index in [2.05, 4.69) is 29.6 Å². The lowest BCUT2D eigenvalue weighted by Crippen LogP contribution is -2.59. The highest BCUT2D eigenvalue weighted by molar-refractivity contribution is 5.72. The zero-order chi connectivity index (χ0) is 16.1. The van der Waals surface area contributed by atoms with Crippen molar-refractivity contribution in [2.24, 2.45) is 5.92 Å². The highest BCUT2D eigenvalue weighted by Gasteiger charge is 2.51. The summed E-state index contributed by atoms with van der Waals surface area (Å²) in [6.07, 6.45) is 7.69. The molecular weight excluding hydrogens is 294 g/mol. The van der Waals surface area contributed by atoms with Gasteiger partial charge in [0.2, 0.25) is 0 Å². The second kappa shape index (κ2) is 5.35. The summed E-state index contributed by atoms with van der Waals surface area (Å²) in [4.78, 5) is 0. The van der Waals surface area contributed by atoms with Gasteiger partial charge in [0.15, 0.2) is 0 Å². The van der Waals surface area contributed by atoms with Crippen LogP contribution < -0.4 is 5.32 Å². The molecule has 2 aliphatic carbocycles. The molecule has 2 fully saturated rings. The summed E-state index contributed by atoms with van der Waals surface area (Å²) in [5, 5.41) is 14.6. The number of hydrogen-bond acceptors (Lipinski definition) is 2. The lowest BCUT2D eigenvalue weighted by atomic mass is 9.52. The van der Waals surface area contributed by atoms with E-state index in [-0.39, 0.29) is 0 Å². The number of rotatable bonds is 1. The first-order valence-electron chi connectivity index (χ1n) is 9.43. The van der Waals surface area contributed by atoms with Crippen LogP contribution in [0.25, 0.3) is 11.1 Å². The molecule has 3 aliphatic rings. The molecule has 1 saturated carbocycles. The summed E-state index contributed by atoms with van der Waals surface area (Å²) in [7, 11) is 0. The number of hydrogen-bond donors (Lipinski definition) is 2. The number of aromatic hydroxyl groups is 1. The molecule has 1 heterocycles. The Bertz CT molecular complexity index is 765. The van der Waals surface area contributed by atoms with Crippen LogP contribution in [0.2, 0.25) is 0 Å². The Morgan fingerprint density at radius 3 is 2.79 bits per heavy atom. The van der Waals surface area contributed by atoms with Gasteiger partial charge < -0.3 is 10.4 Å². The molecule has 2 heteroatoms. The first-order chi connectivity index (χ1) is 11.8. The fourth-order valence-electron chi connectivity index (χ4n) is 5.82. The van der Waals surface area contributed by atoms with Crippen LogP contribution in [0.4, 0.5) is 0 Å². The van der Waals surface area contributed by atoms with Gasteiger partial charge in [-0.25, -0.2) is 0 Å². The molecule has 2 aromatic rings. The van der Waals surface area contributed by atoms with E-state index in [9.17, 15) is 5.11 Å². The van der Waals surface area contributed by atoms with Crippen molar-refractivity contribution in [1.29, 1.82) is 0 Å². The molecule has 1 saturated heterocycles. The largest absolute Gasteiger partial charge is 0.507 e. The number of benzene rings is 2. The van der Waals surface area contributed by atoms with Gasteiger partial charge in [0.25, 0.3) is 0 Å². The first kappa shape index (κ1) is 14.5. The third-order valence-corrected chi connectivity index (χ3v) is 6.84. The lowest BCUT2D eigenvalue weighted by molar-refractivity contribution is 0.0796. The predicted octanol–water partition coefficient (Wildman–Crippen LogP) is 4.41. The molecule has 5 rings (SSSR count). The number of fused-ring (bicyclic) bond motifs is 1. The number of phenolic OH excluding ortho intramolecular Hbond substituents is 1. The topological polar surface area (TPSA) is 32.3 Å². The highest BCUT2D eigenvalue weighted by atomic mass is 16.3. The van der Waals surface area contributed by atoms with E-state index in [4.69, 9.17) is 0 Å². The van der Waals surface area contributed by atoms with Crippen molar-refractivity contribution in [3.8, 4) is 16.9 Å². The third-order valence-electron chi connectivity index (χ3n) is 6.84. The summed E-state index contributed by atoms with van der Waals surface area (Å²) >= 11 is 0. The molecule has 3 atom stereocenters. The maximum atomic E-state index is 10.8. The van der Waals surface area contributed by atoms with Gasteiger partial charge >= 0.3 is 0 Å². The maximum absolute atomic E-state index is 10.8. The molecule has 124 valence electrons. The zero-order valence-corrected chi connectivity index (χ0v) is 14.1. The van der Waals surface area contributed by atoms with Crippen molar-refractivity contribution >= 4 is 0 Å². The van der Waals surface area contributed by atoms with Gasteiger partial charge in [0, 0.05) is 17.0 Å². The second-order valence-electron chi connectivity index (χ2n) is 7.92. The molecule has 2 bridgehead atoms. The van der Waals surface area contributed by atoms with E-state index >= 15 is 0 Å². The Kier molecular flexibility index (Phi) is 3.24. The molecule has 0 aromatic heterocycles. The number of phenols is 1. The van der Waals surface area contributed by atoms with Crippen LogP contribution >= 0.6 is 0 Å². The van der Waals surface area contributed by atoms with Crippen molar-refractivity contribution in [1.82, 2.24) is 5.32 Å². The minimum atomic E-state index is 0.314. The van der Waals surface area contributed by atoms with Gasteiger partial charge in [-0.3, -0.25) is 0 Å². The lowest BCUT2D eigenvalue weighted by Gasteiger charge is -2.56. The summed E-state index contributed by atoms with van der Waals surface area (Å²) < 4.78 is 0. The van der Waals surface area contributed by atoms with E-state index in [0.29, 0.717) is 17.2 Å². The van der Waals surface area contributed by atoms with Gasteiger partial charge in [-0.05, 0) is 67.0 Å². The molecule has 0 unspecified atom stereocenters. The van der Waals surface area contributed by atoms with E-state index in [1.54, 1.807) is 0 Å². The normalized spacial score (nSPS) is 31.2. The van der Waals surface area contributed by atoms with Gasteiger partial charge in [0.05, 0.1) is 0 Å². The highest BCUT2D eigenvalue weighted by Crippen LogP contribution is 2.55. The van der Waals surface area contributed by atoms with Crippen LogP contribution in [0.1, 0.15) is 43.2 Å². The number of piperidine rings is 1. The maximum Gasteiger partial charge on any atom is 0.123 e. The number of nitrogens with one attached hydrogen (secondary N) is 1. The van der Waals surface area contributed by atoms with Crippen molar-refractivity contribution in [3.63, 3.8) is 0 Å². The van der Waals surface area contributed by atoms with E-state index in [1.807, 2.05) is 18.2 Å². The van der Waals surface area contributed by atoms with Crippen LogP contribution in [0, 0.1) is 5.92 Å². The molecule has 2 aromatic carbocycles.